The molecule has 12 heteroatoms. The third kappa shape index (κ3) is 9.04. The van der Waals surface area contributed by atoms with Crippen molar-refractivity contribution in [2.24, 2.45) is 0 Å². The second-order valence-electron chi connectivity index (χ2n) is 10.8. The molecule has 222 valence electrons. The van der Waals surface area contributed by atoms with Gasteiger partial charge in [0.05, 0.1) is 6.42 Å². The lowest BCUT2D eigenvalue weighted by atomic mass is 10.0. The maximum Gasteiger partial charge on any atom is 0.269 e. The van der Waals surface area contributed by atoms with Gasteiger partial charge in [0.1, 0.15) is 26.5 Å². The van der Waals surface area contributed by atoms with Crippen molar-refractivity contribution in [2.45, 2.75) is 77.9 Å². The van der Waals surface area contributed by atoms with Crippen LogP contribution in [0.5, 0.6) is 11.5 Å². The average Bonchev–Trinajstić information content (AvgIpc) is 3.58. The summed E-state index contributed by atoms with van der Waals surface area (Å²) in [5.41, 5.74) is -0.957. The summed E-state index contributed by atoms with van der Waals surface area (Å²) in [6.45, 7) is 8.93. The van der Waals surface area contributed by atoms with Crippen LogP contribution in [0.4, 0.5) is 5.13 Å². The summed E-state index contributed by atoms with van der Waals surface area (Å²) in [6, 6.07) is 14.5. The number of rotatable bonds is 14. The van der Waals surface area contributed by atoms with E-state index < -0.39 is 11.2 Å². The van der Waals surface area contributed by atoms with Crippen LogP contribution in [-0.2, 0) is 28.9 Å². The summed E-state index contributed by atoms with van der Waals surface area (Å²) in [5.74, 6) is 0.831. The fourth-order valence-corrected chi connectivity index (χ4v) is 5.61. The minimum atomic E-state index is -1.12. The maximum absolute atomic E-state index is 12.9. The second-order valence-corrected chi connectivity index (χ2v) is 13.5. The first-order valence-electron chi connectivity index (χ1n) is 13.6. The zero-order chi connectivity index (χ0) is 30.3. The summed E-state index contributed by atoms with van der Waals surface area (Å²) in [4.78, 5) is 25.7. The third-order valence-electron chi connectivity index (χ3n) is 6.34. The molecule has 4 rings (SSSR count). The Hall–Kier alpha value is -3.41. The van der Waals surface area contributed by atoms with E-state index in [1.54, 1.807) is 52.0 Å². The summed E-state index contributed by atoms with van der Waals surface area (Å²) < 4.78 is 11.8. The molecular weight excluding hydrogens is 594 g/mol. The Morgan fingerprint density at radius 1 is 0.762 bits per heavy atom. The third-order valence-corrected chi connectivity index (χ3v) is 8.47. The normalized spacial score (nSPS) is 11.8. The summed E-state index contributed by atoms with van der Waals surface area (Å²) in [7, 11) is 0. The van der Waals surface area contributed by atoms with E-state index in [-0.39, 0.29) is 18.1 Å². The Morgan fingerprint density at radius 2 is 1.29 bits per heavy atom. The summed E-state index contributed by atoms with van der Waals surface area (Å²) in [5, 5.41) is 23.0. The van der Waals surface area contributed by atoms with Crippen molar-refractivity contribution in [3.05, 3.63) is 74.1 Å². The van der Waals surface area contributed by atoms with E-state index >= 15 is 0 Å². The predicted molar refractivity (Wildman–Crippen MR) is 166 cm³/mol. The van der Waals surface area contributed by atoms with Gasteiger partial charge >= 0.3 is 0 Å². The average molecular weight is 628 g/mol. The van der Waals surface area contributed by atoms with Gasteiger partial charge in [-0.25, -0.2) is 0 Å². The summed E-state index contributed by atoms with van der Waals surface area (Å²) in [6.07, 6.45) is 3.42. The van der Waals surface area contributed by atoms with E-state index in [1.165, 1.54) is 22.7 Å². The number of ketones is 1. The Kier molecular flexibility index (Phi) is 10.3. The molecule has 0 aliphatic heterocycles. The Bertz CT molecular complexity index is 1390. The predicted octanol–water partition coefficient (Wildman–Crippen LogP) is 6.68. The van der Waals surface area contributed by atoms with Crippen molar-refractivity contribution in [3.8, 4) is 11.5 Å². The van der Waals surface area contributed by atoms with Gasteiger partial charge in [-0.2, -0.15) is 0 Å². The molecule has 4 aromatic rings. The Balaban J connectivity index is 1.19. The number of halogens is 1. The van der Waals surface area contributed by atoms with Crippen molar-refractivity contribution in [1.82, 2.24) is 20.4 Å². The van der Waals surface area contributed by atoms with Crippen LogP contribution >= 0.6 is 34.3 Å². The van der Waals surface area contributed by atoms with Gasteiger partial charge in [-0.05, 0) is 83.9 Å². The molecule has 42 heavy (non-hydrogen) atoms. The molecule has 2 heterocycles. The number of anilines is 1. The van der Waals surface area contributed by atoms with E-state index in [4.69, 9.17) is 21.1 Å². The fourth-order valence-electron chi connectivity index (χ4n) is 3.82. The van der Waals surface area contributed by atoms with Crippen LogP contribution in [0.1, 0.15) is 61.1 Å². The SMILES string of the molecule is Cc1ccc(OC(C)(C)C(=O)Cc2nnc(CCCCc3nnc(NC(=O)C(C)(C)Oc4ccc(Cl)cc4)s3)s2)cc1. The van der Waals surface area contributed by atoms with Crippen molar-refractivity contribution in [3.63, 3.8) is 0 Å². The van der Waals surface area contributed by atoms with Crippen molar-refractivity contribution in [2.75, 3.05) is 5.32 Å². The number of nitrogens with one attached hydrogen (secondary N) is 1. The molecule has 0 unspecified atom stereocenters. The van der Waals surface area contributed by atoms with Crippen LogP contribution in [0.25, 0.3) is 0 Å². The van der Waals surface area contributed by atoms with Crippen LogP contribution in [0, 0.1) is 6.92 Å². The number of unbranched alkanes of at least 4 members (excludes halogenated alkanes) is 1. The van der Waals surface area contributed by atoms with E-state index in [0.717, 1.165) is 41.3 Å². The number of carbonyl (C=O) groups is 2. The van der Waals surface area contributed by atoms with Crippen LogP contribution < -0.4 is 14.8 Å². The fraction of sp³-hybridized carbons (Fsp3) is 0.400. The topological polar surface area (TPSA) is 116 Å². The number of aryl methyl sites for hydroxylation is 3. The minimum absolute atomic E-state index is 0.0510. The number of nitrogens with zero attached hydrogens (tertiary/aromatic N) is 4. The highest BCUT2D eigenvalue weighted by molar-refractivity contribution is 7.15. The van der Waals surface area contributed by atoms with Gasteiger partial charge in [0.2, 0.25) is 5.13 Å². The molecule has 0 bridgehead atoms. The van der Waals surface area contributed by atoms with Gasteiger partial charge in [0, 0.05) is 17.9 Å². The number of hydrogen-bond donors (Lipinski definition) is 1. The molecule has 1 N–H and O–H groups in total. The van der Waals surface area contributed by atoms with Crippen LogP contribution in [0.2, 0.25) is 5.02 Å². The van der Waals surface area contributed by atoms with Gasteiger partial charge in [0.15, 0.2) is 17.0 Å². The van der Waals surface area contributed by atoms with Gasteiger partial charge in [-0.1, -0.05) is 40.6 Å². The van der Waals surface area contributed by atoms with E-state index in [2.05, 4.69) is 25.7 Å². The number of benzene rings is 2. The lowest BCUT2D eigenvalue weighted by Crippen LogP contribution is -2.42. The number of ether oxygens (including phenoxy) is 2. The zero-order valence-corrected chi connectivity index (χ0v) is 26.7. The first-order valence-corrected chi connectivity index (χ1v) is 15.6. The molecule has 9 nitrogen and oxygen atoms in total. The standard InChI is InChI=1S/C30H34ClN5O4S2/c1-19-10-14-21(15-11-19)39-29(2,3)23(37)18-26-35-33-24(41-26)8-6-7-9-25-34-36-28(42-25)32-27(38)30(4,5)40-22-16-12-20(31)13-17-22/h10-17H,6-9,18H2,1-5H3,(H,32,36,38). The smallest absolute Gasteiger partial charge is 0.269 e. The Morgan fingerprint density at radius 3 is 1.93 bits per heavy atom. The highest BCUT2D eigenvalue weighted by Gasteiger charge is 2.32. The molecule has 2 aromatic heterocycles. The van der Waals surface area contributed by atoms with Gasteiger partial charge in [0.25, 0.3) is 5.91 Å². The first-order chi connectivity index (χ1) is 19.9. The number of aromatic nitrogens is 4. The summed E-state index contributed by atoms with van der Waals surface area (Å²) >= 11 is 8.72. The van der Waals surface area contributed by atoms with Gasteiger partial charge < -0.3 is 9.47 Å². The largest absolute Gasteiger partial charge is 0.480 e. The molecule has 0 radical (unpaired) electrons. The number of hydrogen-bond acceptors (Lipinski definition) is 10. The van der Waals surface area contributed by atoms with Crippen LogP contribution in [-0.4, -0.2) is 43.3 Å². The molecule has 0 saturated heterocycles. The maximum atomic E-state index is 12.9. The lowest BCUT2D eigenvalue weighted by Gasteiger charge is -2.24. The van der Waals surface area contributed by atoms with Gasteiger partial charge in [-0.15, -0.1) is 31.7 Å². The van der Waals surface area contributed by atoms with Crippen LogP contribution in [0.3, 0.4) is 0 Å². The molecule has 1 amide bonds. The molecule has 0 saturated carbocycles. The van der Waals surface area contributed by atoms with E-state index in [1.807, 2.05) is 31.2 Å². The van der Waals surface area contributed by atoms with E-state index in [9.17, 15) is 9.59 Å². The molecule has 0 aliphatic rings. The Labute approximate surface area is 258 Å². The van der Waals surface area contributed by atoms with E-state index in [0.29, 0.717) is 26.7 Å². The highest BCUT2D eigenvalue weighted by atomic mass is 35.5. The number of Topliss-reactive ketones (excluding diaryl/α,β-unsaturated/α-hetero) is 1. The minimum Gasteiger partial charge on any atom is -0.480 e. The number of amides is 1. The van der Waals surface area contributed by atoms with Gasteiger partial charge in [-0.3, -0.25) is 14.9 Å². The zero-order valence-electron chi connectivity index (χ0n) is 24.3. The monoisotopic (exact) mass is 627 g/mol. The molecule has 0 atom stereocenters. The van der Waals surface area contributed by atoms with Crippen molar-refractivity contribution >= 4 is 51.1 Å². The second kappa shape index (κ2) is 13.7. The molecule has 2 aromatic carbocycles. The quantitative estimate of drug-likeness (QED) is 0.154. The highest BCUT2D eigenvalue weighted by Crippen LogP contribution is 2.25. The van der Waals surface area contributed by atoms with Crippen molar-refractivity contribution < 1.29 is 19.1 Å². The van der Waals surface area contributed by atoms with Crippen molar-refractivity contribution in [1.29, 1.82) is 0 Å². The molecule has 0 fully saturated rings. The molecule has 0 aliphatic carbocycles. The molecular formula is C30H34ClN5O4S2. The molecule has 0 spiro atoms. The first kappa shape index (κ1) is 31.5. The lowest BCUT2D eigenvalue weighted by molar-refractivity contribution is -0.131. The number of carbonyl (C=O) groups excluding carboxylic acids is 2. The van der Waals surface area contributed by atoms with Crippen LogP contribution in [0.15, 0.2) is 48.5 Å².